The number of quaternary nitrogens is 1. The monoisotopic (exact) mass is 330 g/mol. The normalized spacial score (nSPS) is 15.6. The minimum atomic E-state index is -1.10. The minimum Gasteiger partial charge on any atom is -0.545 e. The summed E-state index contributed by atoms with van der Waals surface area (Å²) in [5, 5.41) is 11.9. The van der Waals surface area contributed by atoms with Gasteiger partial charge in [-0.2, -0.15) is 0 Å². The number of carbonyl (C=O) groups is 1. The van der Waals surface area contributed by atoms with Crippen molar-refractivity contribution >= 4 is 23.3 Å². The van der Waals surface area contributed by atoms with Gasteiger partial charge in [0.25, 0.3) is 0 Å². The molecule has 0 aromatic heterocycles. The van der Waals surface area contributed by atoms with Gasteiger partial charge in [-0.1, -0.05) is 41.9 Å². The Kier molecular flexibility index (Phi) is 4.84. The van der Waals surface area contributed by atoms with E-state index in [0.717, 1.165) is 42.5 Å². The van der Waals surface area contributed by atoms with E-state index in [1.165, 1.54) is 4.90 Å². The summed E-state index contributed by atoms with van der Waals surface area (Å²) in [6.45, 7) is 4.52. The molecule has 1 saturated heterocycles. The Bertz CT molecular complexity index is 697. The smallest absolute Gasteiger partial charge is 0.104 e. The molecule has 1 aliphatic rings. The van der Waals surface area contributed by atoms with Gasteiger partial charge in [0.15, 0.2) is 0 Å². The molecule has 2 aromatic rings. The first kappa shape index (κ1) is 15.8. The number of benzene rings is 2. The number of anilines is 1. The highest BCUT2D eigenvalue weighted by Crippen LogP contribution is 2.19. The van der Waals surface area contributed by atoms with E-state index in [1.54, 1.807) is 12.1 Å². The molecule has 0 unspecified atom stereocenters. The molecule has 4 nitrogen and oxygen atoms in total. The van der Waals surface area contributed by atoms with Gasteiger partial charge in [-0.05, 0) is 18.2 Å². The lowest BCUT2D eigenvalue weighted by atomic mass is 10.1. The van der Waals surface area contributed by atoms with Crippen LogP contribution in [0, 0.1) is 0 Å². The van der Waals surface area contributed by atoms with Gasteiger partial charge in [-0.25, -0.2) is 0 Å². The Hall–Kier alpha value is -2.04. The fraction of sp³-hybridized carbons (Fsp3) is 0.278. The predicted octanol–water partition coefficient (Wildman–Crippen LogP) is 0.609. The van der Waals surface area contributed by atoms with Crippen LogP contribution in [0.1, 0.15) is 15.9 Å². The second-order valence-corrected chi connectivity index (χ2v) is 6.27. The van der Waals surface area contributed by atoms with E-state index >= 15 is 0 Å². The maximum atomic E-state index is 11.2. The number of aromatic carboxylic acids is 1. The van der Waals surface area contributed by atoms with Crippen LogP contribution in [-0.4, -0.2) is 32.1 Å². The number of carbonyl (C=O) groups excluding carboxylic acids is 1. The first-order chi connectivity index (χ1) is 11.1. The zero-order chi connectivity index (χ0) is 16.2. The van der Waals surface area contributed by atoms with Gasteiger partial charge < -0.3 is 19.7 Å². The van der Waals surface area contributed by atoms with Crippen molar-refractivity contribution in [3.63, 3.8) is 0 Å². The standard InChI is InChI=1S/C18H19ClN2O2/c19-15-5-3-6-16(12-15)21-10-8-20(9-11-21)13-14-4-1-2-7-17(14)18(22)23/h1-7,12H,8-11,13H2,(H,22,23). The summed E-state index contributed by atoms with van der Waals surface area (Å²) in [5.74, 6) is -1.10. The highest BCUT2D eigenvalue weighted by molar-refractivity contribution is 6.30. The molecular weight excluding hydrogens is 312 g/mol. The molecule has 0 bridgehead atoms. The van der Waals surface area contributed by atoms with E-state index in [9.17, 15) is 9.90 Å². The third kappa shape index (κ3) is 3.84. The lowest BCUT2D eigenvalue weighted by Crippen LogP contribution is -3.13. The van der Waals surface area contributed by atoms with Crippen LogP contribution in [0.15, 0.2) is 48.5 Å². The number of hydrogen-bond donors (Lipinski definition) is 1. The molecule has 120 valence electrons. The first-order valence-corrected chi connectivity index (χ1v) is 8.14. The van der Waals surface area contributed by atoms with Crippen LogP contribution in [0.25, 0.3) is 0 Å². The molecule has 2 aromatic carbocycles. The molecule has 23 heavy (non-hydrogen) atoms. The molecule has 5 heteroatoms. The van der Waals surface area contributed by atoms with Crippen molar-refractivity contribution in [2.75, 3.05) is 31.1 Å². The minimum absolute atomic E-state index is 0.303. The summed E-state index contributed by atoms with van der Waals surface area (Å²) in [4.78, 5) is 14.9. The van der Waals surface area contributed by atoms with Gasteiger partial charge in [-0.15, -0.1) is 0 Å². The summed E-state index contributed by atoms with van der Waals surface area (Å²) in [7, 11) is 0. The second-order valence-electron chi connectivity index (χ2n) is 5.84. The Morgan fingerprint density at radius 3 is 2.57 bits per heavy atom. The van der Waals surface area contributed by atoms with Crippen molar-refractivity contribution in [2.45, 2.75) is 6.54 Å². The number of piperazine rings is 1. The van der Waals surface area contributed by atoms with Crippen LogP contribution in [0.2, 0.25) is 5.02 Å². The molecule has 0 atom stereocenters. The van der Waals surface area contributed by atoms with Crippen LogP contribution in [0.3, 0.4) is 0 Å². The molecule has 3 rings (SSSR count). The van der Waals surface area contributed by atoms with Crippen molar-refractivity contribution in [3.8, 4) is 0 Å². The molecule has 0 amide bonds. The van der Waals surface area contributed by atoms with Crippen LogP contribution in [-0.2, 0) is 6.54 Å². The molecule has 1 N–H and O–H groups in total. The van der Waals surface area contributed by atoms with Crippen molar-refractivity contribution < 1.29 is 14.8 Å². The van der Waals surface area contributed by atoms with E-state index in [1.807, 2.05) is 30.3 Å². The van der Waals surface area contributed by atoms with Crippen molar-refractivity contribution in [1.82, 2.24) is 0 Å². The molecule has 1 aliphatic heterocycles. The van der Waals surface area contributed by atoms with Gasteiger partial charge in [-0.3, -0.25) is 0 Å². The lowest BCUT2D eigenvalue weighted by molar-refractivity contribution is -0.914. The van der Waals surface area contributed by atoms with Crippen LogP contribution >= 0.6 is 11.6 Å². The van der Waals surface area contributed by atoms with E-state index in [0.29, 0.717) is 12.1 Å². The zero-order valence-electron chi connectivity index (χ0n) is 12.8. The van der Waals surface area contributed by atoms with Crippen molar-refractivity contribution in [2.24, 2.45) is 0 Å². The number of hydrogen-bond acceptors (Lipinski definition) is 3. The highest BCUT2D eigenvalue weighted by Gasteiger charge is 2.21. The number of carboxylic acid groups (broad SMARTS) is 1. The molecule has 1 fully saturated rings. The maximum absolute atomic E-state index is 11.2. The lowest BCUT2D eigenvalue weighted by Gasteiger charge is -2.34. The zero-order valence-corrected chi connectivity index (χ0v) is 13.6. The first-order valence-electron chi connectivity index (χ1n) is 7.77. The summed E-state index contributed by atoms with van der Waals surface area (Å²) in [5.41, 5.74) is 2.29. The van der Waals surface area contributed by atoms with Crippen molar-refractivity contribution in [1.29, 1.82) is 0 Å². The average molecular weight is 331 g/mol. The van der Waals surface area contributed by atoms with Gasteiger partial charge in [0.2, 0.25) is 0 Å². The number of carboxylic acids is 1. The molecule has 0 aliphatic carbocycles. The number of rotatable bonds is 4. The Morgan fingerprint density at radius 2 is 1.87 bits per heavy atom. The number of halogens is 1. The molecular formula is C18H19ClN2O2. The largest absolute Gasteiger partial charge is 0.545 e. The van der Waals surface area contributed by atoms with Crippen LogP contribution < -0.4 is 14.9 Å². The molecule has 0 spiro atoms. The Balaban J connectivity index is 1.63. The van der Waals surface area contributed by atoms with Gasteiger partial charge in [0, 0.05) is 21.8 Å². The average Bonchev–Trinajstić information content (AvgIpc) is 2.56. The van der Waals surface area contributed by atoms with Crippen LogP contribution in [0.4, 0.5) is 5.69 Å². The van der Waals surface area contributed by atoms with E-state index in [4.69, 9.17) is 11.6 Å². The SMILES string of the molecule is O=C([O-])c1ccccc1C[NH+]1CCN(c2cccc(Cl)c2)CC1. The van der Waals surface area contributed by atoms with E-state index in [-0.39, 0.29) is 0 Å². The summed E-state index contributed by atoms with van der Waals surface area (Å²) < 4.78 is 0. The molecule has 1 heterocycles. The fourth-order valence-electron chi connectivity index (χ4n) is 3.07. The topological polar surface area (TPSA) is 47.8 Å². The van der Waals surface area contributed by atoms with Gasteiger partial charge in [0.05, 0.1) is 32.1 Å². The third-order valence-electron chi connectivity index (χ3n) is 4.32. The maximum Gasteiger partial charge on any atom is 0.104 e. The van der Waals surface area contributed by atoms with Crippen molar-refractivity contribution in [3.05, 3.63) is 64.7 Å². The fourth-order valence-corrected chi connectivity index (χ4v) is 3.26. The van der Waals surface area contributed by atoms with E-state index < -0.39 is 5.97 Å². The Morgan fingerprint density at radius 1 is 1.13 bits per heavy atom. The molecule has 0 radical (unpaired) electrons. The van der Waals surface area contributed by atoms with Crippen LogP contribution in [0.5, 0.6) is 0 Å². The Labute approximate surface area is 140 Å². The van der Waals surface area contributed by atoms with Gasteiger partial charge >= 0.3 is 0 Å². The quantitative estimate of drug-likeness (QED) is 0.893. The summed E-state index contributed by atoms with van der Waals surface area (Å²) in [6.07, 6.45) is 0. The van der Waals surface area contributed by atoms with E-state index in [2.05, 4.69) is 11.0 Å². The highest BCUT2D eigenvalue weighted by atomic mass is 35.5. The second kappa shape index (κ2) is 7.02. The number of nitrogens with zero attached hydrogens (tertiary/aromatic N) is 1. The number of nitrogens with one attached hydrogen (secondary N) is 1. The van der Waals surface area contributed by atoms with Gasteiger partial charge in [0.1, 0.15) is 6.54 Å². The third-order valence-corrected chi connectivity index (χ3v) is 4.56. The summed E-state index contributed by atoms with van der Waals surface area (Å²) >= 11 is 6.05. The predicted molar refractivity (Wildman–Crippen MR) is 88.8 cm³/mol. The summed E-state index contributed by atoms with van der Waals surface area (Å²) in [6, 6.07) is 15.0. The molecule has 0 saturated carbocycles.